The van der Waals surface area contributed by atoms with Crippen LogP contribution in [0.2, 0.25) is 0 Å². The minimum atomic E-state index is -0.754. The zero-order valence-corrected chi connectivity index (χ0v) is 11.1. The van der Waals surface area contributed by atoms with E-state index >= 15 is 0 Å². The highest BCUT2D eigenvalue weighted by molar-refractivity contribution is 7.99. The van der Waals surface area contributed by atoms with Crippen LogP contribution in [0, 0.1) is 0 Å². The lowest BCUT2D eigenvalue weighted by Crippen LogP contribution is -2.46. The Balaban J connectivity index is 1.75. The number of carbonyl (C=O) groups is 1. The Hall–Kier alpha value is -1.14. The molecule has 0 radical (unpaired) electrons. The third-order valence-corrected chi connectivity index (χ3v) is 4.21. The molecule has 2 rings (SSSR count). The average molecular weight is 270 g/mol. The van der Waals surface area contributed by atoms with Gasteiger partial charge in [0.2, 0.25) is 0 Å². The Bertz CT molecular complexity index is 388. The number of thioether (sulfide) groups is 1. The van der Waals surface area contributed by atoms with Crippen LogP contribution in [0.4, 0.5) is 4.79 Å². The number of furan rings is 1. The summed E-state index contributed by atoms with van der Waals surface area (Å²) in [7, 11) is 0. The topological polar surface area (TPSA) is 74.5 Å². The largest absolute Gasteiger partial charge is 0.467 e. The fourth-order valence-corrected chi connectivity index (χ4v) is 3.13. The van der Waals surface area contributed by atoms with E-state index in [-0.39, 0.29) is 18.6 Å². The highest BCUT2D eigenvalue weighted by atomic mass is 32.2. The van der Waals surface area contributed by atoms with Crippen LogP contribution in [-0.4, -0.2) is 34.8 Å². The minimum Gasteiger partial charge on any atom is -0.467 e. The van der Waals surface area contributed by atoms with E-state index in [0.29, 0.717) is 11.5 Å². The standard InChI is InChI=1S/C12H18N2O3S/c1-9(10-3-2-5-17-10)14-11(15)13-7-12(16)4-6-18-8-12/h2-3,5,9,16H,4,6-8H2,1H3,(H2,13,14,15). The first-order valence-electron chi connectivity index (χ1n) is 5.97. The van der Waals surface area contributed by atoms with Gasteiger partial charge in [-0.25, -0.2) is 4.79 Å². The number of amides is 2. The van der Waals surface area contributed by atoms with Gasteiger partial charge < -0.3 is 20.2 Å². The van der Waals surface area contributed by atoms with Crippen molar-refractivity contribution in [3.8, 4) is 0 Å². The Morgan fingerprint density at radius 3 is 3.17 bits per heavy atom. The number of hydrogen-bond acceptors (Lipinski definition) is 4. The maximum Gasteiger partial charge on any atom is 0.315 e. The second-order valence-electron chi connectivity index (χ2n) is 4.59. The molecule has 1 aromatic rings. The van der Waals surface area contributed by atoms with E-state index in [1.807, 2.05) is 13.0 Å². The summed E-state index contributed by atoms with van der Waals surface area (Å²) in [6, 6.07) is 3.12. The summed E-state index contributed by atoms with van der Waals surface area (Å²) in [5.74, 6) is 2.34. The lowest BCUT2D eigenvalue weighted by Gasteiger charge is -2.22. The molecule has 6 heteroatoms. The summed E-state index contributed by atoms with van der Waals surface area (Å²) >= 11 is 1.71. The van der Waals surface area contributed by atoms with Crippen LogP contribution < -0.4 is 10.6 Å². The maximum absolute atomic E-state index is 11.7. The fourth-order valence-electron chi connectivity index (χ4n) is 1.84. The summed E-state index contributed by atoms with van der Waals surface area (Å²) in [6.07, 6.45) is 2.30. The van der Waals surface area contributed by atoms with Gasteiger partial charge >= 0.3 is 6.03 Å². The molecule has 1 aliphatic rings. The van der Waals surface area contributed by atoms with Crippen LogP contribution in [0.3, 0.4) is 0 Å². The predicted molar refractivity (Wildman–Crippen MR) is 70.5 cm³/mol. The van der Waals surface area contributed by atoms with Crippen LogP contribution in [0.1, 0.15) is 25.1 Å². The van der Waals surface area contributed by atoms with Gasteiger partial charge in [0.05, 0.1) is 17.9 Å². The second-order valence-corrected chi connectivity index (χ2v) is 5.70. The van der Waals surface area contributed by atoms with Gasteiger partial charge in [-0.1, -0.05) is 0 Å². The van der Waals surface area contributed by atoms with Crippen molar-refractivity contribution < 1.29 is 14.3 Å². The van der Waals surface area contributed by atoms with Gasteiger partial charge in [-0.05, 0) is 31.2 Å². The highest BCUT2D eigenvalue weighted by Crippen LogP contribution is 2.26. The van der Waals surface area contributed by atoms with Gasteiger partial charge in [0.25, 0.3) is 0 Å². The molecule has 5 nitrogen and oxygen atoms in total. The van der Waals surface area contributed by atoms with Crippen molar-refractivity contribution in [2.24, 2.45) is 0 Å². The van der Waals surface area contributed by atoms with Crippen molar-refractivity contribution in [1.82, 2.24) is 10.6 Å². The van der Waals surface area contributed by atoms with Crippen LogP contribution in [0.15, 0.2) is 22.8 Å². The fraction of sp³-hybridized carbons (Fsp3) is 0.583. The van der Waals surface area contributed by atoms with Gasteiger partial charge in [-0.2, -0.15) is 11.8 Å². The summed E-state index contributed by atoms with van der Waals surface area (Å²) in [4.78, 5) is 11.7. The van der Waals surface area contributed by atoms with Crippen LogP contribution >= 0.6 is 11.8 Å². The molecule has 0 aromatic carbocycles. The first-order chi connectivity index (χ1) is 8.59. The first-order valence-corrected chi connectivity index (χ1v) is 7.12. The Morgan fingerprint density at radius 1 is 1.72 bits per heavy atom. The van der Waals surface area contributed by atoms with E-state index in [1.165, 1.54) is 0 Å². The number of aliphatic hydroxyl groups is 1. The number of hydrogen-bond donors (Lipinski definition) is 3. The van der Waals surface area contributed by atoms with E-state index < -0.39 is 5.60 Å². The molecule has 1 saturated heterocycles. The van der Waals surface area contributed by atoms with Gasteiger partial charge in [-0.15, -0.1) is 0 Å². The number of urea groups is 1. The Kier molecular flexibility index (Phi) is 4.19. The molecular weight excluding hydrogens is 252 g/mol. The molecule has 0 spiro atoms. The minimum absolute atomic E-state index is 0.187. The van der Waals surface area contributed by atoms with E-state index in [1.54, 1.807) is 24.1 Å². The van der Waals surface area contributed by atoms with E-state index in [0.717, 1.165) is 12.2 Å². The van der Waals surface area contributed by atoms with E-state index in [9.17, 15) is 9.90 Å². The molecule has 1 aliphatic heterocycles. The molecule has 100 valence electrons. The summed E-state index contributed by atoms with van der Waals surface area (Å²) in [5.41, 5.74) is -0.754. The zero-order chi connectivity index (χ0) is 13.0. The third kappa shape index (κ3) is 3.43. The van der Waals surface area contributed by atoms with Crippen molar-refractivity contribution in [2.45, 2.75) is 25.0 Å². The lowest BCUT2D eigenvalue weighted by molar-refractivity contribution is 0.0698. The van der Waals surface area contributed by atoms with Gasteiger partial charge in [0.1, 0.15) is 5.76 Å². The number of nitrogens with one attached hydrogen (secondary N) is 2. The quantitative estimate of drug-likeness (QED) is 0.775. The molecule has 2 atom stereocenters. The van der Waals surface area contributed by atoms with Gasteiger partial charge in [0.15, 0.2) is 0 Å². The third-order valence-electron chi connectivity index (χ3n) is 2.98. The van der Waals surface area contributed by atoms with Crippen molar-refractivity contribution in [3.05, 3.63) is 24.2 Å². The first kappa shape index (κ1) is 13.3. The van der Waals surface area contributed by atoms with Crippen molar-refractivity contribution in [3.63, 3.8) is 0 Å². The SMILES string of the molecule is CC(NC(=O)NCC1(O)CCSC1)c1ccco1. The molecule has 1 aromatic heterocycles. The molecule has 2 unspecified atom stereocenters. The Labute approximate surface area is 110 Å². The number of carbonyl (C=O) groups excluding carboxylic acids is 1. The zero-order valence-electron chi connectivity index (χ0n) is 10.3. The molecule has 18 heavy (non-hydrogen) atoms. The molecule has 0 aliphatic carbocycles. The van der Waals surface area contributed by atoms with Gasteiger partial charge in [0, 0.05) is 12.3 Å². The molecule has 0 bridgehead atoms. The van der Waals surface area contributed by atoms with Crippen LogP contribution in [-0.2, 0) is 0 Å². The summed E-state index contributed by atoms with van der Waals surface area (Å²) in [5, 5.41) is 15.5. The van der Waals surface area contributed by atoms with Crippen LogP contribution in [0.25, 0.3) is 0 Å². The van der Waals surface area contributed by atoms with Crippen molar-refractivity contribution >= 4 is 17.8 Å². The van der Waals surface area contributed by atoms with E-state index in [2.05, 4.69) is 10.6 Å². The molecule has 0 saturated carbocycles. The normalized spacial score (nSPS) is 24.8. The second kappa shape index (κ2) is 5.67. The molecule has 1 fully saturated rings. The monoisotopic (exact) mass is 270 g/mol. The summed E-state index contributed by atoms with van der Waals surface area (Å²) in [6.45, 7) is 2.13. The number of rotatable bonds is 4. The van der Waals surface area contributed by atoms with Crippen LogP contribution in [0.5, 0.6) is 0 Å². The molecule has 2 heterocycles. The highest BCUT2D eigenvalue weighted by Gasteiger charge is 2.32. The molecule has 3 N–H and O–H groups in total. The van der Waals surface area contributed by atoms with Gasteiger partial charge in [-0.3, -0.25) is 0 Å². The smallest absolute Gasteiger partial charge is 0.315 e. The maximum atomic E-state index is 11.7. The lowest BCUT2D eigenvalue weighted by atomic mass is 10.0. The molecular formula is C12H18N2O3S. The average Bonchev–Trinajstić information content (AvgIpc) is 2.98. The molecule has 2 amide bonds. The predicted octanol–water partition coefficient (Wildman–Crippen LogP) is 1.51. The summed E-state index contributed by atoms with van der Waals surface area (Å²) < 4.78 is 5.20. The Morgan fingerprint density at radius 2 is 2.56 bits per heavy atom. The van der Waals surface area contributed by atoms with Crippen molar-refractivity contribution in [2.75, 3.05) is 18.1 Å². The van der Waals surface area contributed by atoms with E-state index in [4.69, 9.17) is 4.42 Å². The van der Waals surface area contributed by atoms with Crippen molar-refractivity contribution in [1.29, 1.82) is 0 Å².